The Hall–Kier alpha value is -0.610. The van der Waals surface area contributed by atoms with Gasteiger partial charge in [-0.1, -0.05) is 20.8 Å². The highest BCUT2D eigenvalue weighted by atomic mass is 16.2. The molecule has 1 amide bonds. The van der Waals surface area contributed by atoms with Crippen molar-refractivity contribution in [2.45, 2.75) is 39.7 Å². The van der Waals surface area contributed by atoms with E-state index in [1.807, 2.05) is 0 Å². The second-order valence-electron chi connectivity index (χ2n) is 5.16. The zero-order valence-electron chi connectivity index (χ0n) is 9.92. The van der Waals surface area contributed by atoms with Gasteiger partial charge in [-0.05, 0) is 11.8 Å². The molecule has 4 nitrogen and oxygen atoms in total. The van der Waals surface area contributed by atoms with Crippen LogP contribution in [0.4, 0.5) is 0 Å². The van der Waals surface area contributed by atoms with Crippen LogP contribution in [-0.4, -0.2) is 31.1 Å². The first-order valence-electron chi connectivity index (χ1n) is 4.93. The Morgan fingerprint density at radius 1 is 1.43 bits per heavy atom. The van der Waals surface area contributed by atoms with Gasteiger partial charge in [0.15, 0.2) is 0 Å². The molecule has 0 aromatic rings. The maximum absolute atomic E-state index is 11.3. The van der Waals surface area contributed by atoms with E-state index >= 15 is 0 Å². The second kappa shape index (κ2) is 5.32. The fraction of sp³-hybridized carbons (Fsp3) is 0.900. The molecule has 0 aliphatic carbocycles. The monoisotopic (exact) mass is 201 g/mol. The number of nitrogens with zero attached hydrogens (tertiary/aromatic N) is 1. The van der Waals surface area contributed by atoms with Crippen molar-refractivity contribution in [1.82, 2.24) is 10.4 Å². The third kappa shape index (κ3) is 8.01. The van der Waals surface area contributed by atoms with Crippen molar-refractivity contribution >= 4 is 5.91 Å². The Labute approximate surface area is 86.8 Å². The van der Waals surface area contributed by atoms with E-state index in [2.05, 4.69) is 26.2 Å². The molecule has 0 radical (unpaired) electrons. The molecule has 0 rings (SSSR count). The Morgan fingerprint density at radius 2 is 1.93 bits per heavy atom. The van der Waals surface area contributed by atoms with Crippen LogP contribution in [0.1, 0.15) is 33.6 Å². The summed E-state index contributed by atoms with van der Waals surface area (Å²) in [5.74, 6) is -0.0215. The van der Waals surface area contributed by atoms with Gasteiger partial charge in [0.2, 0.25) is 5.91 Å². The largest absolute Gasteiger partial charge is 0.327 e. The highest BCUT2D eigenvalue weighted by molar-refractivity contribution is 5.75. The van der Waals surface area contributed by atoms with Crippen molar-refractivity contribution in [1.29, 1.82) is 0 Å². The first-order valence-corrected chi connectivity index (χ1v) is 4.93. The zero-order valence-corrected chi connectivity index (χ0v) is 9.92. The lowest BCUT2D eigenvalue weighted by molar-refractivity contribution is -0.125. The highest BCUT2D eigenvalue weighted by Gasteiger charge is 2.18. The summed E-state index contributed by atoms with van der Waals surface area (Å²) in [4.78, 5) is 11.3. The van der Waals surface area contributed by atoms with Crippen LogP contribution in [0.3, 0.4) is 0 Å². The molecule has 0 fully saturated rings. The summed E-state index contributed by atoms with van der Waals surface area (Å²) in [6, 6.07) is -0.0602. The van der Waals surface area contributed by atoms with Gasteiger partial charge in [-0.2, -0.15) is 0 Å². The number of nitrogens with two attached hydrogens (primary N) is 1. The average Bonchev–Trinajstić information content (AvgIpc) is 1.77. The van der Waals surface area contributed by atoms with Crippen molar-refractivity contribution in [3.05, 3.63) is 0 Å². The fourth-order valence-corrected chi connectivity index (χ4v) is 1.39. The molecule has 0 saturated carbocycles. The minimum Gasteiger partial charge on any atom is -0.327 e. The lowest BCUT2D eigenvalue weighted by Gasteiger charge is -2.23. The molecule has 0 aliphatic heterocycles. The van der Waals surface area contributed by atoms with Gasteiger partial charge < -0.3 is 5.73 Å². The molecule has 0 aromatic heterocycles. The van der Waals surface area contributed by atoms with Crippen molar-refractivity contribution in [3.8, 4) is 0 Å². The summed E-state index contributed by atoms with van der Waals surface area (Å²) >= 11 is 0. The first kappa shape index (κ1) is 13.4. The van der Waals surface area contributed by atoms with E-state index < -0.39 is 0 Å². The molecule has 3 N–H and O–H groups in total. The number of hydrazine groups is 1. The smallest absolute Gasteiger partial charge is 0.235 e. The molecule has 0 bridgehead atoms. The molecule has 0 spiro atoms. The predicted octanol–water partition coefficient (Wildman–Crippen LogP) is 0.733. The Balaban J connectivity index is 3.83. The minimum atomic E-state index is -0.0602. The number of rotatable bonds is 4. The number of carbonyl (C=O) groups is 1. The first-order chi connectivity index (χ1) is 6.20. The number of hydrogen-bond acceptors (Lipinski definition) is 3. The number of nitrogens with one attached hydrogen (secondary N) is 1. The van der Waals surface area contributed by atoms with Crippen LogP contribution in [0, 0.1) is 5.41 Å². The van der Waals surface area contributed by atoms with E-state index in [1.54, 1.807) is 19.1 Å². The maximum atomic E-state index is 11.3. The molecular weight excluding hydrogens is 178 g/mol. The molecule has 0 aliphatic rings. The van der Waals surface area contributed by atoms with Gasteiger partial charge in [-0.3, -0.25) is 10.2 Å². The Kier molecular flexibility index (Phi) is 5.08. The standard InChI is InChI=1S/C10H23N3O/c1-10(2,3)7-8(11)6-9(14)12-13(4)5/h8H,6-7,11H2,1-5H3,(H,12,14). The lowest BCUT2D eigenvalue weighted by Crippen LogP contribution is -2.40. The van der Waals surface area contributed by atoms with Crippen LogP contribution in [0.25, 0.3) is 0 Å². The fourth-order valence-electron chi connectivity index (χ4n) is 1.39. The SMILES string of the molecule is CN(C)NC(=O)CC(N)CC(C)(C)C. The third-order valence-corrected chi connectivity index (χ3v) is 1.67. The molecule has 0 heterocycles. The van der Waals surface area contributed by atoms with Gasteiger partial charge in [0.05, 0.1) is 0 Å². The van der Waals surface area contributed by atoms with Gasteiger partial charge in [0.1, 0.15) is 0 Å². The van der Waals surface area contributed by atoms with E-state index in [-0.39, 0.29) is 17.4 Å². The van der Waals surface area contributed by atoms with Crippen LogP contribution in [-0.2, 0) is 4.79 Å². The highest BCUT2D eigenvalue weighted by Crippen LogP contribution is 2.20. The van der Waals surface area contributed by atoms with Gasteiger partial charge >= 0.3 is 0 Å². The molecule has 84 valence electrons. The van der Waals surface area contributed by atoms with Gasteiger partial charge in [-0.15, -0.1) is 0 Å². The summed E-state index contributed by atoms with van der Waals surface area (Å²) in [5.41, 5.74) is 8.71. The topological polar surface area (TPSA) is 58.4 Å². The lowest BCUT2D eigenvalue weighted by atomic mass is 9.87. The van der Waals surface area contributed by atoms with E-state index in [0.29, 0.717) is 6.42 Å². The van der Waals surface area contributed by atoms with E-state index in [4.69, 9.17) is 5.73 Å². The van der Waals surface area contributed by atoms with E-state index in [9.17, 15) is 4.79 Å². The quantitative estimate of drug-likeness (QED) is 0.659. The second-order valence-corrected chi connectivity index (χ2v) is 5.16. The summed E-state index contributed by atoms with van der Waals surface area (Å²) in [6.07, 6.45) is 1.24. The number of amides is 1. The normalized spacial score (nSPS) is 14.2. The minimum absolute atomic E-state index is 0.0215. The molecule has 1 unspecified atom stereocenters. The van der Waals surface area contributed by atoms with E-state index in [1.165, 1.54) is 0 Å². The van der Waals surface area contributed by atoms with Gasteiger partial charge in [0, 0.05) is 26.6 Å². The summed E-state index contributed by atoms with van der Waals surface area (Å²) < 4.78 is 0. The van der Waals surface area contributed by atoms with Gasteiger partial charge in [0.25, 0.3) is 0 Å². The molecule has 14 heavy (non-hydrogen) atoms. The molecule has 4 heteroatoms. The number of carbonyl (C=O) groups excluding carboxylic acids is 1. The Morgan fingerprint density at radius 3 is 2.29 bits per heavy atom. The summed E-state index contributed by atoms with van der Waals surface area (Å²) in [6.45, 7) is 6.37. The van der Waals surface area contributed by atoms with Crippen LogP contribution in [0.15, 0.2) is 0 Å². The van der Waals surface area contributed by atoms with Crippen molar-refractivity contribution in [2.75, 3.05) is 14.1 Å². The van der Waals surface area contributed by atoms with Gasteiger partial charge in [-0.25, -0.2) is 5.01 Å². The van der Waals surface area contributed by atoms with Crippen molar-refractivity contribution in [2.24, 2.45) is 11.1 Å². The Bertz CT molecular complexity index is 184. The van der Waals surface area contributed by atoms with Crippen LogP contribution < -0.4 is 11.2 Å². The zero-order chi connectivity index (χ0) is 11.4. The van der Waals surface area contributed by atoms with Crippen molar-refractivity contribution < 1.29 is 4.79 Å². The molecular formula is C10H23N3O. The van der Waals surface area contributed by atoms with Crippen LogP contribution in [0.2, 0.25) is 0 Å². The maximum Gasteiger partial charge on any atom is 0.235 e. The van der Waals surface area contributed by atoms with Crippen molar-refractivity contribution in [3.63, 3.8) is 0 Å². The van der Waals surface area contributed by atoms with Crippen LogP contribution >= 0.6 is 0 Å². The average molecular weight is 201 g/mol. The predicted molar refractivity (Wildman–Crippen MR) is 58.5 cm³/mol. The third-order valence-electron chi connectivity index (χ3n) is 1.67. The molecule has 0 saturated heterocycles. The van der Waals surface area contributed by atoms with Crippen LogP contribution in [0.5, 0.6) is 0 Å². The number of hydrogen-bond donors (Lipinski definition) is 2. The molecule has 0 aromatic carbocycles. The van der Waals surface area contributed by atoms with E-state index in [0.717, 1.165) is 6.42 Å². The summed E-state index contributed by atoms with van der Waals surface area (Å²) in [5, 5.41) is 1.63. The summed E-state index contributed by atoms with van der Waals surface area (Å²) in [7, 11) is 3.57. The molecule has 1 atom stereocenters.